The molecule has 2 N–H and O–H groups in total. The molecule has 3 rings (SSSR count). The third-order valence-corrected chi connectivity index (χ3v) is 7.97. The van der Waals surface area contributed by atoms with E-state index in [1.54, 1.807) is 32.2 Å². The maximum Gasteiger partial charge on any atom is 0.328 e. The monoisotopic (exact) mass is 465 g/mol. The van der Waals surface area contributed by atoms with E-state index in [0.29, 0.717) is 23.3 Å². The van der Waals surface area contributed by atoms with Gasteiger partial charge in [0.15, 0.2) is 5.13 Å². The Morgan fingerprint density at radius 1 is 1.35 bits per heavy atom. The first-order valence-corrected chi connectivity index (χ1v) is 12.1. The van der Waals surface area contributed by atoms with Gasteiger partial charge in [0, 0.05) is 12.3 Å². The van der Waals surface area contributed by atoms with Gasteiger partial charge in [0.05, 0.1) is 21.5 Å². The van der Waals surface area contributed by atoms with Gasteiger partial charge < -0.3 is 5.11 Å². The minimum atomic E-state index is -0.862. The molecule has 1 aromatic carbocycles. The minimum absolute atomic E-state index is 0.268. The zero-order valence-corrected chi connectivity index (χ0v) is 19.6. The van der Waals surface area contributed by atoms with Crippen LogP contribution in [0.4, 0.5) is 20.0 Å². The van der Waals surface area contributed by atoms with Crippen molar-refractivity contribution >= 4 is 45.9 Å². The van der Waals surface area contributed by atoms with Crippen LogP contribution >= 0.6 is 23.1 Å². The van der Waals surface area contributed by atoms with Crippen molar-refractivity contribution in [3.63, 3.8) is 0 Å². The van der Waals surface area contributed by atoms with Gasteiger partial charge in [-0.25, -0.2) is 14.2 Å². The molecular formula is C22H28FN3O3S2. The molecule has 1 fully saturated rings. The smallest absolute Gasteiger partial charge is 0.328 e. The number of halogens is 1. The normalized spacial score (nSPS) is 14.6. The van der Waals surface area contributed by atoms with Crippen LogP contribution < -0.4 is 10.2 Å². The number of hydrogen-bond donors (Lipinski definition) is 2. The van der Waals surface area contributed by atoms with E-state index < -0.39 is 23.2 Å². The van der Waals surface area contributed by atoms with Crippen molar-refractivity contribution in [3.05, 3.63) is 35.8 Å². The number of nitrogens with one attached hydrogen (secondary N) is 1. The number of thioether (sulfide) groups is 1. The topological polar surface area (TPSA) is 82.5 Å². The van der Waals surface area contributed by atoms with E-state index in [1.807, 2.05) is 6.92 Å². The van der Waals surface area contributed by atoms with Gasteiger partial charge in [-0.2, -0.15) is 0 Å². The summed E-state index contributed by atoms with van der Waals surface area (Å²) in [7, 11) is 0. The SMILES string of the molecule is Cc1ccc(N(CC2CCCC2)C(=O)Nc2ncc(SCC(C)(C)C(=O)O)s2)c(F)c1. The number of carbonyl (C=O) groups excluding carboxylic acids is 1. The molecule has 2 amide bonds. The van der Waals surface area contributed by atoms with Crippen molar-refractivity contribution in [1.29, 1.82) is 0 Å². The average Bonchev–Trinajstić information content (AvgIpc) is 3.37. The van der Waals surface area contributed by atoms with Crippen LogP contribution in [0.2, 0.25) is 0 Å². The molecular weight excluding hydrogens is 437 g/mol. The van der Waals surface area contributed by atoms with Crippen LogP contribution in [0.5, 0.6) is 0 Å². The molecule has 0 bridgehead atoms. The summed E-state index contributed by atoms with van der Waals surface area (Å²) in [4.78, 5) is 30.1. The Hall–Kier alpha value is -2.13. The Bertz CT molecular complexity index is 942. The molecule has 31 heavy (non-hydrogen) atoms. The van der Waals surface area contributed by atoms with Crippen LogP contribution in [0.15, 0.2) is 28.6 Å². The van der Waals surface area contributed by atoms with Gasteiger partial charge in [0.2, 0.25) is 0 Å². The van der Waals surface area contributed by atoms with Crippen LogP contribution in [0.3, 0.4) is 0 Å². The highest BCUT2D eigenvalue weighted by atomic mass is 32.2. The second-order valence-corrected chi connectivity index (χ2v) is 10.9. The lowest BCUT2D eigenvalue weighted by atomic mass is 9.97. The molecule has 6 nitrogen and oxygen atoms in total. The molecule has 0 aliphatic heterocycles. The van der Waals surface area contributed by atoms with Gasteiger partial charge in [-0.3, -0.25) is 15.0 Å². The molecule has 9 heteroatoms. The largest absolute Gasteiger partial charge is 0.481 e. The highest BCUT2D eigenvalue weighted by Crippen LogP contribution is 2.34. The molecule has 0 saturated heterocycles. The third kappa shape index (κ3) is 6.20. The van der Waals surface area contributed by atoms with Crippen LogP contribution in [0.1, 0.15) is 45.1 Å². The molecule has 0 atom stereocenters. The number of aliphatic carboxylic acids is 1. The van der Waals surface area contributed by atoms with Crippen LogP contribution in [0.25, 0.3) is 0 Å². The number of nitrogens with zero attached hydrogens (tertiary/aromatic N) is 2. The van der Waals surface area contributed by atoms with Crippen molar-refractivity contribution in [2.75, 3.05) is 22.5 Å². The van der Waals surface area contributed by atoms with Gasteiger partial charge in [-0.05, 0) is 57.2 Å². The van der Waals surface area contributed by atoms with E-state index in [0.717, 1.165) is 35.5 Å². The number of thiazole rings is 1. The van der Waals surface area contributed by atoms with Gasteiger partial charge in [-0.1, -0.05) is 30.2 Å². The summed E-state index contributed by atoms with van der Waals surface area (Å²) in [5, 5.41) is 12.5. The van der Waals surface area contributed by atoms with Crippen LogP contribution in [-0.2, 0) is 4.79 Å². The zero-order chi connectivity index (χ0) is 22.6. The fourth-order valence-electron chi connectivity index (χ4n) is 3.43. The van der Waals surface area contributed by atoms with Crippen molar-refractivity contribution in [3.8, 4) is 0 Å². The number of anilines is 2. The first-order valence-electron chi connectivity index (χ1n) is 10.3. The molecule has 0 spiro atoms. The van der Waals surface area contributed by atoms with Crippen molar-refractivity contribution in [1.82, 2.24) is 4.98 Å². The average molecular weight is 466 g/mol. The van der Waals surface area contributed by atoms with E-state index in [2.05, 4.69) is 10.3 Å². The van der Waals surface area contributed by atoms with Gasteiger partial charge >= 0.3 is 12.0 Å². The molecule has 0 radical (unpaired) electrons. The summed E-state index contributed by atoms with van der Waals surface area (Å²) in [6, 6.07) is 4.48. The first kappa shape index (κ1) is 23.5. The fraction of sp³-hybridized carbons (Fsp3) is 0.500. The highest BCUT2D eigenvalue weighted by molar-refractivity contribution is 8.01. The van der Waals surface area contributed by atoms with Gasteiger partial charge in [0.1, 0.15) is 5.82 Å². The predicted molar refractivity (Wildman–Crippen MR) is 124 cm³/mol. The first-order chi connectivity index (χ1) is 14.7. The number of aromatic nitrogens is 1. The molecule has 1 heterocycles. The van der Waals surface area contributed by atoms with Gasteiger partial charge in [-0.15, -0.1) is 11.8 Å². The summed E-state index contributed by atoms with van der Waals surface area (Å²) < 4.78 is 15.5. The molecule has 1 saturated carbocycles. The number of rotatable bonds is 8. The van der Waals surface area contributed by atoms with Crippen LogP contribution in [0, 0.1) is 24.1 Å². The minimum Gasteiger partial charge on any atom is -0.481 e. The number of carbonyl (C=O) groups is 2. The maximum atomic E-state index is 14.7. The van der Waals surface area contributed by atoms with Crippen molar-refractivity contribution in [2.45, 2.75) is 50.7 Å². The van der Waals surface area contributed by atoms with E-state index in [4.69, 9.17) is 0 Å². The molecule has 2 aromatic rings. The lowest BCUT2D eigenvalue weighted by molar-refractivity contribution is -0.145. The fourth-order valence-corrected chi connectivity index (χ4v) is 5.37. The number of carboxylic acid groups (broad SMARTS) is 1. The standard InChI is InChI=1S/C22H28FN3O3S2/c1-14-8-9-17(16(23)10-14)26(12-15-6-4-5-7-15)21(29)25-20-24-11-18(31-20)30-13-22(2,3)19(27)28/h8-11,15H,4-7,12-13H2,1-3H3,(H,27,28)(H,24,25,29). The number of hydrogen-bond acceptors (Lipinski definition) is 5. The Morgan fingerprint density at radius 2 is 2.06 bits per heavy atom. The summed E-state index contributed by atoms with van der Waals surface area (Å²) in [5.74, 6) is -0.535. The summed E-state index contributed by atoms with van der Waals surface area (Å²) >= 11 is 2.67. The Labute approximate surface area is 190 Å². The van der Waals surface area contributed by atoms with Crippen molar-refractivity contribution < 1.29 is 19.1 Å². The molecule has 1 aliphatic rings. The Kier molecular flexibility index (Phi) is 7.59. The number of carboxylic acids is 1. The molecule has 1 aromatic heterocycles. The van der Waals surface area contributed by atoms with Crippen molar-refractivity contribution in [2.24, 2.45) is 11.3 Å². The van der Waals surface area contributed by atoms with E-state index in [1.165, 1.54) is 34.1 Å². The molecule has 1 aliphatic carbocycles. The summed E-state index contributed by atoms with van der Waals surface area (Å²) in [6.07, 6.45) is 5.96. The Balaban J connectivity index is 1.71. The number of aryl methyl sites for hydroxylation is 1. The quantitative estimate of drug-likeness (QED) is 0.466. The maximum absolute atomic E-state index is 14.7. The van der Waals surface area contributed by atoms with Crippen LogP contribution in [-0.4, -0.2) is 34.4 Å². The number of benzene rings is 1. The number of amides is 2. The lowest BCUT2D eigenvalue weighted by Crippen LogP contribution is -2.38. The molecule has 168 valence electrons. The number of urea groups is 1. The summed E-state index contributed by atoms with van der Waals surface area (Å²) in [5.41, 5.74) is 0.205. The lowest BCUT2D eigenvalue weighted by Gasteiger charge is -2.26. The van der Waals surface area contributed by atoms with E-state index >= 15 is 0 Å². The highest BCUT2D eigenvalue weighted by Gasteiger charge is 2.28. The van der Waals surface area contributed by atoms with Gasteiger partial charge in [0.25, 0.3) is 0 Å². The summed E-state index contributed by atoms with van der Waals surface area (Å²) in [6.45, 7) is 5.62. The molecule has 0 unspecified atom stereocenters. The second-order valence-electron chi connectivity index (χ2n) is 8.61. The zero-order valence-electron chi connectivity index (χ0n) is 18.0. The predicted octanol–water partition coefficient (Wildman–Crippen LogP) is 6.02. The van der Waals surface area contributed by atoms with E-state index in [-0.39, 0.29) is 5.69 Å². The third-order valence-electron chi connectivity index (χ3n) is 5.41. The Morgan fingerprint density at radius 3 is 2.71 bits per heavy atom. The van der Waals surface area contributed by atoms with E-state index in [9.17, 15) is 19.1 Å². The second kappa shape index (κ2) is 9.99.